The van der Waals surface area contributed by atoms with E-state index in [0.717, 1.165) is 23.5 Å². The van der Waals surface area contributed by atoms with E-state index < -0.39 is 35.2 Å². The Balaban J connectivity index is 1.73. The Bertz CT molecular complexity index is 1140. The molecule has 1 aliphatic rings. The van der Waals surface area contributed by atoms with Crippen LogP contribution in [-0.2, 0) is 9.59 Å². The highest BCUT2D eigenvalue weighted by atomic mass is 32.2. The van der Waals surface area contributed by atoms with Crippen LogP contribution in [0.25, 0.3) is 6.08 Å². The molecule has 3 rings (SSSR count). The van der Waals surface area contributed by atoms with E-state index in [0.29, 0.717) is 41.5 Å². The number of amides is 3. The number of ether oxygens (including phenoxy) is 2. The largest absolute Gasteiger partial charge is 0.490 e. The second-order valence-electron chi connectivity index (χ2n) is 7.42. The fraction of sp³-hybridized carbons (Fsp3) is 0.292. The van der Waals surface area contributed by atoms with Crippen molar-refractivity contribution < 1.29 is 32.6 Å². The molecule has 0 spiro atoms. The first-order valence-corrected chi connectivity index (χ1v) is 11.5. The number of halogens is 2. The molecular weight excluding hydrogens is 466 g/mol. The van der Waals surface area contributed by atoms with Crippen LogP contribution in [0.2, 0.25) is 0 Å². The molecule has 10 heteroatoms. The number of nitrogens with zero attached hydrogens (tertiary/aromatic N) is 1. The van der Waals surface area contributed by atoms with Crippen LogP contribution >= 0.6 is 11.8 Å². The Hall–Kier alpha value is -3.40. The number of carbonyl (C=O) groups is 3. The van der Waals surface area contributed by atoms with Crippen molar-refractivity contribution in [2.45, 2.75) is 33.3 Å². The summed E-state index contributed by atoms with van der Waals surface area (Å²) in [5.41, 5.74) is 0.361. The summed E-state index contributed by atoms with van der Waals surface area (Å²) in [5, 5.41) is 1.60. The molecule has 3 amide bonds. The number of hydrogen-bond donors (Lipinski definition) is 1. The Morgan fingerprint density at radius 1 is 1.15 bits per heavy atom. The molecule has 2 aromatic rings. The van der Waals surface area contributed by atoms with Gasteiger partial charge in [-0.15, -0.1) is 0 Å². The summed E-state index contributed by atoms with van der Waals surface area (Å²) >= 11 is 0.691. The molecule has 7 nitrogen and oxygen atoms in total. The Morgan fingerprint density at radius 3 is 2.59 bits per heavy atom. The molecular formula is C24H24F2N2O5S. The number of hydrogen-bond acceptors (Lipinski definition) is 6. The first kappa shape index (κ1) is 25.2. The topological polar surface area (TPSA) is 84.9 Å². The first-order valence-electron chi connectivity index (χ1n) is 10.7. The van der Waals surface area contributed by atoms with Crippen LogP contribution in [0.3, 0.4) is 0 Å². The zero-order valence-corrected chi connectivity index (χ0v) is 19.7. The normalized spacial score (nSPS) is 15.6. The van der Waals surface area contributed by atoms with Crippen molar-refractivity contribution in [1.82, 2.24) is 4.90 Å². The monoisotopic (exact) mass is 490 g/mol. The molecule has 2 aromatic carbocycles. The highest BCUT2D eigenvalue weighted by molar-refractivity contribution is 8.18. The van der Waals surface area contributed by atoms with Gasteiger partial charge < -0.3 is 14.8 Å². The van der Waals surface area contributed by atoms with Gasteiger partial charge in [-0.25, -0.2) is 8.78 Å². The van der Waals surface area contributed by atoms with Gasteiger partial charge in [-0.05, 0) is 67.9 Å². The van der Waals surface area contributed by atoms with Crippen LogP contribution < -0.4 is 14.8 Å². The minimum Gasteiger partial charge on any atom is -0.490 e. The average Bonchev–Trinajstić information content (AvgIpc) is 3.04. The lowest BCUT2D eigenvalue weighted by molar-refractivity contribution is -0.127. The molecule has 1 heterocycles. The van der Waals surface area contributed by atoms with E-state index in [1.165, 1.54) is 6.08 Å². The predicted octanol–water partition coefficient (Wildman–Crippen LogP) is 5.22. The van der Waals surface area contributed by atoms with Crippen LogP contribution in [0.4, 0.5) is 19.3 Å². The number of benzene rings is 2. The zero-order chi connectivity index (χ0) is 24.8. The highest BCUT2D eigenvalue weighted by Gasteiger charge is 2.36. The van der Waals surface area contributed by atoms with Crippen molar-refractivity contribution in [1.29, 1.82) is 0 Å². The lowest BCUT2D eigenvalue weighted by atomic mass is 10.1. The summed E-state index contributed by atoms with van der Waals surface area (Å²) in [6, 6.07) is 7.84. The van der Waals surface area contributed by atoms with Crippen LogP contribution in [0, 0.1) is 11.6 Å². The van der Waals surface area contributed by atoms with Gasteiger partial charge in [-0.1, -0.05) is 13.0 Å². The number of thioether (sulfide) groups is 1. The molecule has 0 aromatic heterocycles. The highest BCUT2D eigenvalue weighted by Crippen LogP contribution is 2.35. The van der Waals surface area contributed by atoms with Gasteiger partial charge in [0.2, 0.25) is 5.91 Å². The summed E-state index contributed by atoms with van der Waals surface area (Å²) in [5.74, 6) is -2.11. The van der Waals surface area contributed by atoms with Gasteiger partial charge in [0.1, 0.15) is 18.2 Å². The smallest absolute Gasteiger partial charge is 0.294 e. The standard InChI is InChI=1S/C24H24F2N2O5S/c1-4-14(3)33-19-9-6-15(10-20(19)32-5-2)11-21-23(30)28(24(31)34-21)13-22(29)27-18-8-7-16(25)12-17(18)26/h6-12,14H,4-5,13H2,1-3H3,(H,27,29)/b21-11+/t14-/m1/s1. The van der Waals surface area contributed by atoms with E-state index in [1.54, 1.807) is 18.2 Å². The fourth-order valence-corrected chi connectivity index (χ4v) is 3.83. The molecule has 0 saturated carbocycles. The number of anilines is 1. The average molecular weight is 491 g/mol. The summed E-state index contributed by atoms with van der Waals surface area (Å²) in [6.45, 7) is 5.60. The molecule has 0 radical (unpaired) electrons. The summed E-state index contributed by atoms with van der Waals surface area (Å²) < 4.78 is 38.3. The second kappa shape index (κ2) is 11.1. The minimum atomic E-state index is -0.965. The Morgan fingerprint density at radius 2 is 1.91 bits per heavy atom. The van der Waals surface area contributed by atoms with Crippen molar-refractivity contribution in [3.63, 3.8) is 0 Å². The maximum atomic E-state index is 13.8. The van der Waals surface area contributed by atoms with Crippen LogP contribution in [0.1, 0.15) is 32.8 Å². The minimum absolute atomic E-state index is 0.00362. The number of rotatable bonds is 9. The predicted molar refractivity (Wildman–Crippen MR) is 126 cm³/mol. The van der Waals surface area contributed by atoms with Crippen molar-refractivity contribution in [3.8, 4) is 11.5 Å². The fourth-order valence-electron chi connectivity index (χ4n) is 2.99. The van der Waals surface area contributed by atoms with Crippen LogP contribution in [0.15, 0.2) is 41.3 Å². The maximum Gasteiger partial charge on any atom is 0.294 e. The van der Waals surface area contributed by atoms with Crippen molar-refractivity contribution in [3.05, 3.63) is 58.5 Å². The molecule has 0 unspecified atom stereocenters. The van der Waals surface area contributed by atoms with Gasteiger partial charge in [-0.3, -0.25) is 19.3 Å². The third kappa shape index (κ3) is 6.13. The molecule has 1 fully saturated rings. The summed E-state index contributed by atoms with van der Waals surface area (Å²) in [7, 11) is 0. The van der Waals surface area contributed by atoms with Crippen molar-refractivity contribution in [2.75, 3.05) is 18.5 Å². The van der Waals surface area contributed by atoms with Gasteiger partial charge >= 0.3 is 0 Å². The molecule has 0 aliphatic carbocycles. The number of nitrogens with one attached hydrogen (secondary N) is 1. The number of carbonyl (C=O) groups excluding carboxylic acids is 3. The zero-order valence-electron chi connectivity index (χ0n) is 18.9. The molecule has 1 N–H and O–H groups in total. The number of imide groups is 1. The van der Waals surface area contributed by atoms with E-state index in [2.05, 4.69) is 5.32 Å². The molecule has 1 atom stereocenters. The molecule has 34 heavy (non-hydrogen) atoms. The van der Waals surface area contributed by atoms with Crippen molar-refractivity contribution >= 4 is 40.6 Å². The Kier molecular flexibility index (Phi) is 8.27. The summed E-state index contributed by atoms with van der Waals surface area (Å²) in [6.07, 6.45) is 2.34. The molecule has 0 bridgehead atoms. The molecule has 180 valence electrons. The quantitative estimate of drug-likeness (QED) is 0.486. The molecule has 1 aliphatic heterocycles. The van der Waals surface area contributed by atoms with Gasteiger partial charge in [-0.2, -0.15) is 0 Å². The van der Waals surface area contributed by atoms with E-state index in [-0.39, 0.29) is 16.7 Å². The lowest BCUT2D eigenvalue weighted by Crippen LogP contribution is -2.36. The lowest BCUT2D eigenvalue weighted by Gasteiger charge is -2.16. The second-order valence-corrected chi connectivity index (χ2v) is 8.41. The third-order valence-electron chi connectivity index (χ3n) is 4.85. The SMILES string of the molecule is CCOc1cc(/C=C2/SC(=O)N(CC(=O)Nc3ccc(F)cc3F)C2=O)ccc1O[C@H](C)CC. The van der Waals surface area contributed by atoms with Crippen LogP contribution in [-0.4, -0.2) is 41.2 Å². The third-order valence-corrected chi connectivity index (χ3v) is 5.76. The molecule has 1 saturated heterocycles. The van der Waals surface area contributed by atoms with Gasteiger partial charge in [0, 0.05) is 6.07 Å². The maximum absolute atomic E-state index is 13.8. The Labute approximate surface area is 200 Å². The van der Waals surface area contributed by atoms with E-state index >= 15 is 0 Å². The van der Waals surface area contributed by atoms with E-state index in [1.807, 2.05) is 20.8 Å². The van der Waals surface area contributed by atoms with Crippen molar-refractivity contribution in [2.24, 2.45) is 0 Å². The van der Waals surface area contributed by atoms with E-state index in [4.69, 9.17) is 9.47 Å². The first-order chi connectivity index (χ1) is 16.2. The summed E-state index contributed by atoms with van der Waals surface area (Å²) in [4.78, 5) is 38.2. The van der Waals surface area contributed by atoms with Gasteiger partial charge in [0.15, 0.2) is 11.5 Å². The van der Waals surface area contributed by atoms with Gasteiger partial charge in [0.05, 0.1) is 23.3 Å². The van der Waals surface area contributed by atoms with Gasteiger partial charge in [0.25, 0.3) is 11.1 Å². The van der Waals surface area contributed by atoms with E-state index in [9.17, 15) is 23.2 Å². The van der Waals surface area contributed by atoms with Crippen LogP contribution in [0.5, 0.6) is 11.5 Å².